The van der Waals surface area contributed by atoms with Crippen LogP contribution in [0.4, 0.5) is 11.6 Å². The van der Waals surface area contributed by atoms with Crippen LogP contribution in [0, 0.1) is 0 Å². The van der Waals surface area contributed by atoms with Crippen molar-refractivity contribution >= 4 is 32.7 Å². The number of aliphatic hydroxyl groups is 1. The van der Waals surface area contributed by atoms with Crippen LogP contribution in [0.2, 0.25) is 0 Å². The molecule has 0 amide bonds. The molecule has 4 aromatic rings. The highest BCUT2D eigenvalue weighted by Crippen LogP contribution is 2.27. The van der Waals surface area contributed by atoms with E-state index in [-0.39, 0.29) is 23.1 Å². The van der Waals surface area contributed by atoms with Crippen molar-refractivity contribution in [1.29, 1.82) is 0 Å². The number of anilines is 2. The first kappa shape index (κ1) is 19.9. The molecule has 9 heteroatoms. The molecule has 0 fully saturated rings. The second kappa shape index (κ2) is 7.77. The van der Waals surface area contributed by atoms with Gasteiger partial charge in [-0.05, 0) is 43.3 Å². The normalized spacial score (nSPS) is 13.7. The molecule has 0 radical (unpaired) electrons. The van der Waals surface area contributed by atoms with Gasteiger partial charge < -0.3 is 14.8 Å². The van der Waals surface area contributed by atoms with Gasteiger partial charge in [0, 0.05) is 0 Å². The summed E-state index contributed by atoms with van der Waals surface area (Å²) in [5, 5.41) is 13.7. The predicted molar refractivity (Wildman–Crippen MR) is 114 cm³/mol. The smallest absolute Gasteiger partial charge is 0.263 e. The number of hydrogen-bond donors (Lipinski definition) is 3. The summed E-state index contributed by atoms with van der Waals surface area (Å²) < 4.78 is 33.4. The molecule has 30 heavy (non-hydrogen) atoms. The Bertz CT molecular complexity index is 1260. The first-order valence-electron chi connectivity index (χ1n) is 9.20. The minimum Gasteiger partial charge on any atom is -0.466 e. The van der Waals surface area contributed by atoms with Gasteiger partial charge in [-0.3, -0.25) is 4.72 Å². The topological polar surface area (TPSA) is 117 Å². The highest BCUT2D eigenvalue weighted by Gasteiger charge is 2.27. The molecule has 2 aromatic carbocycles. The molecule has 0 saturated carbocycles. The molecule has 8 nitrogen and oxygen atoms in total. The van der Waals surface area contributed by atoms with E-state index in [9.17, 15) is 13.5 Å². The first-order valence-corrected chi connectivity index (χ1v) is 10.7. The van der Waals surface area contributed by atoms with Crippen molar-refractivity contribution in [2.24, 2.45) is 0 Å². The van der Waals surface area contributed by atoms with E-state index in [1.165, 1.54) is 18.4 Å². The van der Waals surface area contributed by atoms with Crippen molar-refractivity contribution in [3.05, 3.63) is 78.8 Å². The van der Waals surface area contributed by atoms with E-state index in [1.807, 2.05) is 6.07 Å². The molecule has 2 aromatic heterocycles. The predicted octanol–water partition coefficient (Wildman–Crippen LogP) is 3.34. The number of rotatable bonds is 7. The van der Waals surface area contributed by atoms with Gasteiger partial charge >= 0.3 is 0 Å². The van der Waals surface area contributed by atoms with Gasteiger partial charge in [-0.25, -0.2) is 18.4 Å². The Hall–Kier alpha value is -3.43. The second-order valence-electron chi connectivity index (χ2n) is 6.93. The summed E-state index contributed by atoms with van der Waals surface area (Å²) in [5.74, 6) is 0.600. The van der Waals surface area contributed by atoms with E-state index in [1.54, 1.807) is 55.5 Å². The molecular weight excluding hydrogens is 404 g/mol. The summed E-state index contributed by atoms with van der Waals surface area (Å²) in [5.41, 5.74) is -0.223. The van der Waals surface area contributed by atoms with Crippen LogP contribution in [-0.4, -0.2) is 30.0 Å². The Balaban J connectivity index is 1.69. The quantitative estimate of drug-likeness (QED) is 0.416. The van der Waals surface area contributed by atoms with Crippen LogP contribution in [0.1, 0.15) is 12.7 Å². The van der Waals surface area contributed by atoms with Crippen molar-refractivity contribution in [3.63, 3.8) is 0 Å². The van der Waals surface area contributed by atoms with Crippen molar-refractivity contribution in [2.45, 2.75) is 17.4 Å². The summed E-state index contributed by atoms with van der Waals surface area (Å²) in [6, 6.07) is 18.5. The standard InChI is InChI=1S/C21H20N4O4S/c1-21(26,18-12-7-13-29-18)14-22-19-20(24-17-11-6-5-10-16(17)23-19)25-30(27,28)15-8-3-2-4-9-15/h2-13,26H,14H2,1H3,(H,22,23)(H,24,25). The fourth-order valence-corrected chi connectivity index (χ4v) is 3.94. The molecular formula is C21H20N4O4S. The third kappa shape index (κ3) is 4.12. The number of hydrogen-bond acceptors (Lipinski definition) is 7. The summed E-state index contributed by atoms with van der Waals surface area (Å²) in [6.45, 7) is 1.61. The van der Waals surface area contributed by atoms with Gasteiger partial charge in [-0.1, -0.05) is 30.3 Å². The monoisotopic (exact) mass is 424 g/mol. The number of nitrogens with zero attached hydrogens (tertiary/aromatic N) is 2. The Labute approximate surface area is 173 Å². The third-order valence-corrected chi connectivity index (χ3v) is 5.86. The van der Waals surface area contributed by atoms with Crippen LogP contribution in [0.15, 0.2) is 82.3 Å². The fraction of sp³-hybridized carbons (Fsp3) is 0.143. The SMILES string of the molecule is CC(O)(CNc1nc2ccccc2nc1NS(=O)(=O)c1ccccc1)c1ccco1. The van der Waals surface area contributed by atoms with E-state index < -0.39 is 15.6 Å². The summed E-state index contributed by atoms with van der Waals surface area (Å²) >= 11 is 0. The molecule has 0 aliphatic rings. The lowest BCUT2D eigenvalue weighted by Crippen LogP contribution is -2.31. The number of aromatic nitrogens is 2. The van der Waals surface area contributed by atoms with Crippen molar-refractivity contribution in [3.8, 4) is 0 Å². The van der Waals surface area contributed by atoms with E-state index in [0.29, 0.717) is 16.8 Å². The highest BCUT2D eigenvalue weighted by atomic mass is 32.2. The highest BCUT2D eigenvalue weighted by molar-refractivity contribution is 7.92. The molecule has 0 aliphatic carbocycles. The molecule has 1 atom stereocenters. The Kier molecular flexibility index (Phi) is 5.15. The number of benzene rings is 2. The number of furan rings is 1. The maximum Gasteiger partial charge on any atom is 0.263 e. The molecule has 0 aliphatic heterocycles. The van der Waals surface area contributed by atoms with Crippen molar-refractivity contribution in [1.82, 2.24) is 9.97 Å². The van der Waals surface area contributed by atoms with Gasteiger partial charge in [0.15, 0.2) is 11.6 Å². The average molecular weight is 424 g/mol. The number of nitrogens with one attached hydrogen (secondary N) is 2. The zero-order chi connectivity index (χ0) is 21.2. The van der Waals surface area contributed by atoms with Crippen LogP contribution in [0.3, 0.4) is 0 Å². The first-order chi connectivity index (χ1) is 14.4. The zero-order valence-corrected chi connectivity index (χ0v) is 16.9. The number of para-hydroxylation sites is 2. The van der Waals surface area contributed by atoms with Crippen molar-refractivity contribution in [2.75, 3.05) is 16.6 Å². The van der Waals surface area contributed by atoms with Gasteiger partial charge in [0.25, 0.3) is 10.0 Å². The van der Waals surface area contributed by atoms with E-state index >= 15 is 0 Å². The lowest BCUT2D eigenvalue weighted by molar-refractivity contribution is 0.0476. The minimum atomic E-state index is -3.87. The second-order valence-corrected chi connectivity index (χ2v) is 8.62. The lowest BCUT2D eigenvalue weighted by Gasteiger charge is -2.22. The molecule has 1 unspecified atom stereocenters. The Morgan fingerprint density at radius 2 is 1.57 bits per heavy atom. The van der Waals surface area contributed by atoms with Gasteiger partial charge in [0.05, 0.1) is 28.7 Å². The Morgan fingerprint density at radius 1 is 0.933 bits per heavy atom. The van der Waals surface area contributed by atoms with E-state index in [0.717, 1.165) is 0 Å². The van der Waals surface area contributed by atoms with Gasteiger partial charge in [-0.2, -0.15) is 0 Å². The van der Waals surface area contributed by atoms with Gasteiger partial charge in [0.2, 0.25) is 0 Å². The lowest BCUT2D eigenvalue weighted by atomic mass is 10.0. The number of fused-ring (bicyclic) bond motifs is 1. The van der Waals surface area contributed by atoms with Crippen LogP contribution in [0.5, 0.6) is 0 Å². The molecule has 0 spiro atoms. The average Bonchev–Trinajstić information content (AvgIpc) is 3.29. The largest absolute Gasteiger partial charge is 0.466 e. The maximum absolute atomic E-state index is 12.8. The molecule has 0 saturated heterocycles. The molecule has 4 rings (SSSR count). The minimum absolute atomic E-state index is 0.0214. The van der Waals surface area contributed by atoms with Crippen molar-refractivity contribution < 1.29 is 17.9 Å². The molecule has 3 N–H and O–H groups in total. The summed E-state index contributed by atoms with van der Waals surface area (Å²) in [7, 11) is -3.87. The zero-order valence-electron chi connectivity index (χ0n) is 16.1. The van der Waals surface area contributed by atoms with Crippen LogP contribution >= 0.6 is 0 Å². The van der Waals surface area contributed by atoms with Crippen LogP contribution in [-0.2, 0) is 15.6 Å². The summed E-state index contributed by atoms with van der Waals surface area (Å²) in [6.07, 6.45) is 1.47. The third-order valence-electron chi connectivity index (χ3n) is 4.51. The van der Waals surface area contributed by atoms with Crippen LogP contribution in [0.25, 0.3) is 11.0 Å². The molecule has 154 valence electrons. The summed E-state index contributed by atoms with van der Waals surface area (Å²) in [4.78, 5) is 9.03. The Morgan fingerprint density at radius 3 is 2.20 bits per heavy atom. The van der Waals surface area contributed by atoms with Crippen LogP contribution < -0.4 is 10.0 Å². The fourth-order valence-electron chi connectivity index (χ4n) is 2.91. The maximum atomic E-state index is 12.8. The van der Waals surface area contributed by atoms with Gasteiger partial charge in [0.1, 0.15) is 11.4 Å². The van der Waals surface area contributed by atoms with E-state index in [4.69, 9.17) is 4.42 Å². The van der Waals surface area contributed by atoms with E-state index in [2.05, 4.69) is 20.0 Å². The van der Waals surface area contributed by atoms with Gasteiger partial charge in [-0.15, -0.1) is 0 Å². The number of sulfonamides is 1. The molecule has 0 bridgehead atoms. The molecule has 2 heterocycles.